The van der Waals surface area contributed by atoms with Crippen LogP contribution in [0.3, 0.4) is 0 Å². The van der Waals surface area contributed by atoms with E-state index in [4.69, 9.17) is 0 Å². The molecule has 1 aromatic heterocycles. The number of hydrogen-bond acceptors (Lipinski definition) is 3. The van der Waals surface area contributed by atoms with Gasteiger partial charge in [0.15, 0.2) is 5.82 Å². The maximum absolute atomic E-state index is 13.3. The highest BCUT2D eigenvalue weighted by molar-refractivity contribution is 5.96. The zero-order valence-corrected chi connectivity index (χ0v) is 14.8. The summed E-state index contributed by atoms with van der Waals surface area (Å²) in [6, 6.07) is 11.9. The molecule has 0 aliphatic carbocycles. The highest BCUT2D eigenvalue weighted by Gasteiger charge is 2.32. The number of hydrogen-bond donors (Lipinski definition) is 2. The standard InChI is InChI=1S/C20H19FN4O2/c1-12-10-14(6-7-15(12)21)22-19(26)13-8-9-25(11-13)20(27)18-23-16-4-2-3-5-17(16)24-18/h2-7,10,13H,8-9,11H2,1H3,(H,22,26)(H,23,24)/t13-/m0/s1. The Morgan fingerprint density at radius 1 is 1.26 bits per heavy atom. The van der Waals surface area contributed by atoms with Crippen LogP contribution in [0.15, 0.2) is 42.5 Å². The minimum Gasteiger partial charge on any atom is -0.335 e. The van der Waals surface area contributed by atoms with Crippen molar-refractivity contribution >= 4 is 28.5 Å². The molecule has 6 nitrogen and oxygen atoms in total. The number of aromatic nitrogens is 2. The Hall–Kier alpha value is -3.22. The number of para-hydroxylation sites is 2. The number of nitrogens with one attached hydrogen (secondary N) is 2. The normalized spacial score (nSPS) is 16.7. The van der Waals surface area contributed by atoms with E-state index in [-0.39, 0.29) is 29.4 Å². The quantitative estimate of drug-likeness (QED) is 0.748. The topological polar surface area (TPSA) is 78.1 Å². The highest BCUT2D eigenvalue weighted by atomic mass is 19.1. The van der Waals surface area contributed by atoms with E-state index < -0.39 is 0 Å². The summed E-state index contributed by atoms with van der Waals surface area (Å²) in [5.74, 6) is -0.702. The van der Waals surface area contributed by atoms with E-state index in [9.17, 15) is 14.0 Å². The minimum absolute atomic E-state index is 0.166. The van der Waals surface area contributed by atoms with Crippen molar-refractivity contribution in [3.8, 4) is 0 Å². The number of H-pyrrole nitrogens is 1. The molecule has 4 rings (SSSR count). The van der Waals surface area contributed by atoms with Gasteiger partial charge in [-0.1, -0.05) is 12.1 Å². The number of carbonyl (C=O) groups is 2. The van der Waals surface area contributed by atoms with Crippen LogP contribution >= 0.6 is 0 Å². The van der Waals surface area contributed by atoms with Gasteiger partial charge in [0, 0.05) is 18.8 Å². The molecule has 1 saturated heterocycles. The second-order valence-corrected chi connectivity index (χ2v) is 6.79. The zero-order valence-electron chi connectivity index (χ0n) is 14.8. The molecule has 0 unspecified atom stereocenters. The fourth-order valence-electron chi connectivity index (χ4n) is 3.33. The van der Waals surface area contributed by atoms with Gasteiger partial charge in [0.1, 0.15) is 5.82 Å². The third-order valence-electron chi connectivity index (χ3n) is 4.86. The first-order chi connectivity index (χ1) is 13.0. The zero-order chi connectivity index (χ0) is 19.0. The van der Waals surface area contributed by atoms with Crippen LogP contribution in [-0.2, 0) is 4.79 Å². The third kappa shape index (κ3) is 3.40. The Morgan fingerprint density at radius 3 is 2.85 bits per heavy atom. The van der Waals surface area contributed by atoms with Crippen LogP contribution in [0, 0.1) is 18.7 Å². The lowest BCUT2D eigenvalue weighted by atomic mass is 10.1. The Kier molecular flexibility index (Phi) is 4.35. The average Bonchev–Trinajstić information content (AvgIpc) is 3.31. The van der Waals surface area contributed by atoms with E-state index in [0.717, 1.165) is 11.0 Å². The van der Waals surface area contributed by atoms with E-state index in [1.165, 1.54) is 12.1 Å². The summed E-state index contributed by atoms with van der Waals surface area (Å²) in [5, 5.41) is 2.81. The van der Waals surface area contributed by atoms with Crippen LogP contribution in [0.25, 0.3) is 11.0 Å². The van der Waals surface area contributed by atoms with Gasteiger partial charge < -0.3 is 15.2 Å². The number of likely N-dealkylation sites (tertiary alicyclic amines) is 1. The molecule has 0 radical (unpaired) electrons. The van der Waals surface area contributed by atoms with Gasteiger partial charge in [0.25, 0.3) is 5.91 Å². The number of carbonyl (C=O) groups excluding carboxylic acids is 2. The predicted octanol–water partition coefficient (Wildman–Crippen LogP) is 3.11. The van der Waals surface area contributed by atoms with Gasteiger partial charge >= 0.3 is 0 Å². The number of fused-ring (bicyclic) bond motifs is 1. The summed E-state index contributed by atoms with van der Waals surface area (Å²) in [7, 11) is 0. The van der Waals surface area contributed by atoms with Gasteiger partial charge in [-0.05, 0) is 49.2 Å². The first kappa shape index (κ1) is 17.2. The lowest BCUT2D eigenvalue weighted by Crippen LogP contribution is -2.32. The molecule has 138 valence electrons. The molecular weight excluding hydrogens is 347 g/mol. The molecule has 2 heterocycles. The number of halogens is 1. The van der Waals surface area contributed by atoms with Crippen molar-refractivity contribution in [1.29, 1.82) is 0 Å². The van der Waals surface area contributed by atoms with Gasteiger partial charge in [-0.3, -0.25) is 9.59 Å². The Labute approximate surface area is 155 Å². The molecule has 1 aliphatic rings. The molecule has 0 saturated carbocycles. The fourth-order valence-corrected chi connectivity index (χ4v) is 3.33. The summed E-state index contributed by atoms with van der Waals surface area (Å²) < 4.78 is 13.3. The van der Waals surface area contributed by atoms with Gasteiger partial charge in [0.2, 0.25) is 5.91 Å². The van der Waals surface area contributed by atoms with Crippen molar-refractivity contribution in [3.05, 3.63) is 59.7 Å². The summed E-state index contributed by atoms with van der Waals surface area (Å²) in [5.41, 5.74) is 2.57. The minimum atomic E-state index is -0.309. The van der Waals surface area contributed by atoms with E-state index in [1.54, 1.807) is 17.9 Å². The van der Waals surface area contributed by atoms with Gasteiger partial charge in [-0.2, -0.15) is 0 Å². The Balaban J connectivity index is 1.42. The van der Waals surface area contributed by atoms with Crippen molar-refractivity contribution in [2.45, 2.75) is 13.3 Å². The first-order valence-electron chi connectivity index (χ1n) is 8.82. The summed E-state index contributed by atoms with van der Waals surface area (Å²) in [4.78, 5) is 34.2. The number of aromatic amines is 1. The molecule has 2 N–H and O–H groups in total. The van der Waals surface area contributed by atoms with Crippen LogP contribution in [0.4, 0.5) is 10.1 Å². The van der Waals surface area contributed by atoms with Crippen LogP contribution in [0.2, 0.25) is 0 Å². The molecule has 0 spiro atoms. The van der Waals surface area contributed by atoms with Crippen molar-refractivity contribution in [2.24, 2.45) is 5.92 Å². The molecule has 2 amide bonds. The molecule has 1 aliphatic heterocycles. The predicted molar refractivity (Wildman–Crippen MR) is 99.9 cm³/mol. The number of imidazole rings is 1. The number of benzene rings is 2. The summed E-state index contributed by atoms with van der Waals surface area (Å²) in [6.07, 6.45) is 0.581. The lowest BCUT2D eigenvalue weighted by Gasteiger charge is -2.15. The number of rotatable bonds is 3. The Morgan fingerprint density at radius 2 is 2.07 bits per heavy atom. The molecular formula is C20H19FN4O2. The maximum Gasteiger partial charge on any atom is 0.289 e. The Bertz CT molecular complexity index is 997. The van der Waals surface area contributed by atoms with Gasteiger partial charge in [0.05, 0.1) is 17.0 Å². The smallest absolute Gasteiger partial charge is 0.289 e. The van der Waals surface area contributed by atoms with Gasteiger partial charge in [-0.25, -0.2) is 9.37 Å². The lowest BCUT2D eigenvalue weighted by molar-refractivity contribution is -0.119. The second-order valence-electron chi connectivity index (χ2n) is 6.79. The van der Waals surface area contributed by atoms with E-state index >= 15 is 0 Å². The molecule has 27 heavy (non-hydrogen) atoms. The number of aryl methyl sites for hydroxylation is 1. The number of anilines is 1. The molecule has 7 heteroatoms. The second kappa shape index (κ2) is 6.83. The first-order valence-corrected chi connectivity index (χ1v) is 8.82. The van der Waals surface area contributed by atoms with Crippen molar-refractivity contribution in [2.75, 3.05) is 18.4 Å². The van der Waals surface area contributed by atoms with E-state index in [2.05, 4.69) is 15.3 Å². The summed E-state index contributed by atoms with van der Waals surface area (Å²) in [6.45, 7) is 2.48. The third-order valence-corrected chi connectivity index (χ3v) is 4.86. The fraction of sp³-hybridized carbons (Fsp3) is 0.250. The van der Waals surface area contributed by atoms with Crippen molar-refractivity contribution < 1.29 is 14.0 Å². The SMILES string of the molecule is Cc1cc(NC(=O)[C@H]2CCN(C(=O)c3nc4ccccc4[nH]3)C2)ccc1F. The van der Waals surface area contributed by atoms with Gasteiger partial charge in [-0.15, -0.1) is 0 Å². The largest absolute Gasteiger partial charge is 0.335 e. The van der Waals surface area contributed by atoms with Crippen molar-refractivity contribution in [3.63, 3.8) is 0 Å². The van der Waals surface area contributed by atoms with E-state index in [0.29, 0.717) is 30.8 Å². The molecule has 1 fully saturated rings. The van der Waals surface area contributed by atoms with E-state index in [1.807, 2.05) is 24.3 Å². The average molecular weight is 366 g/mol. The molecule has 2 aromatic carbocycles. The van der Waals surface area contributed by atoms with Crippen LogP contribution in [0.5, 0.6) is 0 Å². The van der Waals surface area contributed by atoms with Crippen LogP contribution in [-0.4, -0.2) is 39.8 Å². The van der Waals surface area contributed by atoms with Crippen LogP contribution < -0.4 is 5.32 Å². The molecule has 0 bridgehead atoms. The monoisotopic (exact) mass is 366 g/mol. The number of amides is 2. The molecule has 3 aromatic rings. The van der Waals surface area contributed by atoms with Crippen LogP contribution in [0.1, 0.15) is 22.6 Å². The highest BCUT2D eigenvalue weighted by Crippen LogP contribution is 2.22. The van der Waals surface area contributed by atoms with Crippen molar-refractivity contribution in [1.82, 2.24) is 14.9 Å². The number of nitrogens with zero attached hydrogens (tertiary/aromatic N) is 2. The summed E-state index contributed by atoms with van der Waals surface area (Å²) >= 11 is 0. The maximum atomic E-state index is 13.3. The molecule has 1 atom stereocenters.